The van der Waals surface area contributed by atoms with Gasteiger partial charge < -0.3 is 28.8 Å². The molecule has 0 bridgehead atoms. The van der Waals surface area contributed by atoms with E-state index in [0.717, 1.165) is 47.5 Å². The average molecular weight is 515 g/mol. The van der Waals surface area contributed by atoms with E-state index in [1.165, 1.54) is 12.7 Å². The maximum Gasteiger partial charge on any atom is 0.203 e. The Labute approximate surface area is 224 Å². The largest absolute Gasteiger partial charge is 0.504 e. The predicted octanol–water partition coefficient (Wildman–Crippen LogP) is 6.79. The summed E-state index contributed by atoms with van der Waals surface area (Å²) in [5.74, 6) is 3.55. The topological polar surface area (TPSA) is 66.4 Å². The molecule has 1 N–H and O–H groups in total. The molecule has 0 unspecified atom stereocenters. The summed E-state index contributed by atoms with van der Waals surface area (Å²) in [6, 6.07) is 25.6. The minimum atomic E-state index is 0.0267. The highest BCUT2D eigenvalue weighted by atomic mass is 16.5. The SMILES string of the molecule is COc1cccc(CCc2ccc(OC)c(Oc3cc(CCc4cccc(OC)c4)cc(O)c3OC)c2)c1. The molecule has 0 saturated carbocycles. The van der Waals surface area contributed by atoms with Crippen LogP contribution in [-0.2, 0) is 25.7 Å². The third-order valence-corrected chi connectivity index (χ3v) is 6.42. The van der Waals surface area contributed by atoms with Crippen LogP contribution in [0.3, 0.4) is 0 Å². The van der Waals surface area contributed by atoms with E-state index in [-0.39, 0.29) is 11.5 Å². The Balaban J connectivity index is 1.54. The van der Waals surface area contributed by atoms with E-state index >= 15 is 0 Å². The number of ether oxygens (including phenoxy) is 5. The Hall–Kier alpha value is -4.32. The number of hydrogen-bond donors (Lipinski definition) is 1. The maximum absolute atomic E-state index is 10.7. The predicted molar refractivity (Wildman–Crippen MR) is 149 cm³/mol. The van der Waals surface area contributed by atoms with Crippen LogP contribution >= 0.6 is 0 Å². The van der Waals surface area contributed by atoms with Gasteiger partial charge in [0.25, 0.3) is 0 Å². The lowest BCUT2D eigenvalue weighted by atomic mass is 10.0. The van der Waals surface area contributed by atoms with Crippen LogP contribution in [0.1, 0.15) is 22.3 Å². The van der Waals surface area contributed by atoms with Gasteiger partial charge in [0.1, 0.15) is 11.5 Å². The second kappa shape index (κ2) is 12.8. The lowest BCUT2D eigenvalue weighted by Crippen LogP contribution is -1.98. The van der Waals surface area contributed by atoms with Crippen molar-refractivity contribution in [3.05, 3.63) is 101 Å². The Morgan fingerprint density at radius 3 is 1.61 bits per heavy atom. The Kier molecular flexibility index (Phi) is 8.98. The van der Waals surface area contributed by atoms with Crippen LogP contribution < -0.4 is 23.7 Å². The number of aromatic hydroxyl groups is 1. The molecule has 6 nitrogen and oxygen atoms in total. The van der Waals surface area contributed by atoms with E-state index in [1.54, 1.807) is 27.4 Å². The van der Waals surface area contributed by atoms with Gasteiger partial charge in [-0.2, -0.15) is 0 Å². The minimum absolute atomic E-state index is 0.0267. The van der Waals surface area contributed by atoms with Crippen LogP contribution in [0.2, 0.25) is 0 Å². The molecule has 0 atom stereocenters. The highest BCUT2D eigenvalue weighted by Crippen LogP contribution is 2.42. The van der Waals surface area contributed by atoms with Crippen molar-refractivity contribution in [2.75, 3.05) is 28.4 Å². The molecule has 4 rings (SSSR count). The van der Waals surface area contributed by atoms with Gasteiger partial charge in [0.2, 0.25) is 5.75 Å². The highest BCUT2D eigenvalue weighted by Gasteiger charge is 2.16. The molecule has 0 aromatic heterocycles. The van der Waals surface area contributed by atoms with E-state index in [9.17, 15) is 5.11 Å². The minimum Gasteiger partial charge on any atom is -0.504 e. The number of phenols is 1. The molecule has 6 heteroatoms. The van der Waals surface area contributed by atoms with Crippen molar-refractivity contribution >= 4 is 0 Å². The standard InChI is InChI=1S/C32H34O6/c1-34-26-9-5-7-22(17-26)11-12-24-15-16-29(36-3)30(20-24)38-31-21-25(19-28(33)32(31)37-4)14-13-23-8-6-10-27(18-23)35-2/h5-10,15-21,33H,11-14H2,1-4H3. The molecule has 4 aromatic rings. The number of benzene rings is 4. The van der Waals surface area contributed by atoms with Crippen molar-refractivity contribution in [3.8, 4) is 40.2 Å². The Morgan fingerprint density at radius 2 is 1.05 bits per heavy atom. The third kappa shape index (κ3) is 6.71. The molecule has 38 heavy (non-hydrogen) atoms. The number of phenolic OH excluding ortho intramolecular Hbond substituents is 1. The molecular weight excluding hydrogens is 480 g/mol. The molecule has 198 valence electrons. The van der Waals surface area contributed by atoms with Crippen LogP contribution in [0.25, 0.3) is 0 Å². The summed E-state index contributed by atoms with van der Waals surface area (Å²) in [5, 5.41) is 10.7. The molecular formula is C32H34O6. The monoisotopic (exact) mass is 514 g/mol. The molecule has 0 heterocycles. The first kappa shape index (κ1) is 26.7. The maximum atomic E-state index is 10.7. The molecule has 0 fully saturated rings. The smallest absolute Gasteiger partial charge is 0.203 e. The zero-order valence-electron chi connectivity index (χ0n) is 22.3. The van der Waals surface area contributed by atoms with Gasteiger partial charge in [-0.25, -0.2) is 0 Å². The zero-order chi connectivity index (χ0) is 26.9. The van der Waals surface area contributed by atoms with Crippen LogP contribution in [0.15, 0.2) is 78.9 Å². The second-order valence-electron chi connectivity index (χ2n) is 8.94. The van der Waals surface area contributed by atoms with Gasteiger partial charge in [-0.3, -0.25) is 0 Å². The summed E-state index contributed by atoms with van der Waals surface area (Å²) in [7, 11) is 6.45. The molecule has 0 saturated heterocycles. The molecule has 4 aromatic carbocycles. The average Bonchev–Trinajstić information content (AvgIpc) is 2.95. The summed E-state index contributed by atoms with van der Waals surface area (Å²) in [6.07, 6.45) is 3.16. The second-order valence-corrected chi connectivity index (χ2v) is 8.94. The van der Waals surface area contributed by atoms with Gasteiger partial charge in [-0.1, -0.05) is 30.3 Å². The summed E-state index contributed by atoms with van der Waals surface area (Å²) in [6.45, 7) is 0. The molecule has 0 aliphatic rings. The summed E-state index contributed by atoms with van der Waals surface area (Å²) in [5.41, 5.74) is 4.36. The fraction of sp³-hybridized carbons (Fsp3) is 0.250. The molecule has 0 aliphatic carbocycles. The Bertz CT molecular complexity index is 1360. The normalized spacial score (nSPS) is 10.6. The molecule has 0 radical (unpaired) electrons. The quantitative estimate of drug-likeness (QED) is 0.225. The number of aryl methyl sites for hydroxylation is 4. The first-order valence-electron chi connectivity index (χ1n) is 12.5. The van der Waals surface area contributed by atoms with Crippen molar-refractivity contribution < 1.29 is 28.8 Å². The van der Waals surface area contributed by atoms with E-state index < -0.39 is 0 Å². The van der Waals surface area contributed by atoms with Gasteiger partial charge in [-0.05, 0) is 96.5 Å². The van der Waals surface area contributed by atoms with E-state index in [2.05, 4.69) is 12.1 Å². The van der Waals surface area contributed by atoms with Crippen molar-refractivity contribution in [2.24, 2.45) is 0 Å². The number of hydrogen-bond acceptors (Lipinski definition) is 6. The molecule has 0 amide bonds. The first-order chi connectivity index (χ1) is 18.5. The van der Waals surface area contributed by atoms with Crippen LogP contribution in [0.4, 0.5) is 0 Å². The Morgan fingerprint density at radius 1 is 0.500 bits per heavy atom. The van der Waals surface area contributed by atoms with Gasteiger partial charge >= 0.3 is 0 Å². The highest BCUT2D eigenvalue weighted by molar-refractivity contribution is 5.56. The van der Waals surface area contributed by atoms with E-state index in [0.29, 0.717) is 23.7 Å². The third-order valence-electron chi connectivity index (χ3n) is 6.42. The zero-order valence-corrected chi connectivity index (χ0v) is 22.3. The van der Waals surface area contributed by atoms with Crippen LogP contribution in [0, 0.1) is 0 Å². The lowest BCUT2D eigenvalue weighted by Gasteiger charge is -2.16. The summed E-state index contributed by atoms with van der Waals surface area (Å²) >= 11 is 0. The summed E-state index contributed by atoms with van der Waals surface area (Å²) in [4.78, 5) is 0. The van der Waals surface area contributed by atoms with Gasteiger partial charge in [0.15, 0.2) is 23.0 Å². The van der Waals surface area contributed by atoms with Crippen molar-refractivity contribution in [1.82, 2.24) is 0 Å². The lowest BCUT2D eigenvalue weighted by molar-refractivity contribution is 0.338. The summed E-state index contributed by atoms with van der Waals surface area (Å²) < 4.78 is 28.0. The number of methoxy groups -OCH3 is 4. The fourth-order valence-electron chi connectivity index (χ4n) is 4.38. The van der Waals surface area contributed by atoms with Crippen molar-refractivity contribution in [2.45, 2.75) is 25.7 Å². The molecule has 0 spiro atoms. The van der Waals surface area contributed by atoms with E-state index in [1.807, 2.05) is 60.7 Å². The van der Waals surface area contributed by atoms with E-state index in [4.69, 9.17) is 23.7 Å². The van der Waals surface area contributed by atoms with Crippen molar-refractivity contribution in [1.29, 1.82) is 0 Å². The first-order valence-corrected chi connectivity index (χ1v) is 12.5. The van der Waals surface area contributed by atoms with Gasteiger partial charge in [0.05, 0.1) is 28.4 Å². The fourth-order valence-corrected chi connectivity index (χ4v) is 4.38. The van der Waals surface area contributed by atoms with Crippen LogP contribution in [0.5, 0.6) is 40.2 Å². The van der Waals surface area contributed by atoms with Crippen molar-refractivity contribution in [3.63, 3.8) is 0 Å². The van der Waals surface area contributed by atoms with Gasteiger partial charge in [0, 0.05) is 0 Å². The molecule has 0 aliphatic heterocycles. The van der Waals surface area contributed by atoms with Crippen LogP contribution in [-0.4, -0.2) is 33.5 Å². The van der Waals surface area contributed by atoms with Gasteiger partial charge in [-0.15, -0.1) is 0 Å². The number of rotatable bonds is 12.